The summed E-state index contributed by atoms with van der Waals surface area (Å²) < 4.78 is 0. The van der Waals surface area contributed by atoms with Crippen molar-refractivity contribution in [3.8, 4) is 0 Å². The highest BCUT2D eigenvalue weighted by Crippen LogP contribution is 2.17. The molecule has 0 spiro atoms. The van der Waals surface area contributed by atoms with Crippen LogP contribution in [-0.4, -0.2) is 19.0 Å². The number of rotatable bonds is 3. The van der Waals surface area contributed by atoms with Crippen molar-refractivity contribution >= 4 is 17.3 Å². The highest BCUT2D eigenvalue weighted by molar-refractivity contribution is 7.07. The van der Waals surface area contributed by atoms with E-state index in [1.807, 2.05) is 7.05 Å². The molecule has 0 bridgehead atoms. The fraction of sp³-hybridized carbons (Fsp3) is 0.615. The first kappa shape index (κ1) is 12.4. The lowest BCUT2D eigenvalue weighted by molar-refractivity contribution is 0.410. The molecule has 4 heteroatoms. The molecule has 1 saturated carbocycles. The topological polar surface area (TPSA) is 36.4 Å². The maximum atomic E-state index is 4.28. The van der Waals surface area contributed by atoms with E-state index < -0.39 is 0 Å². The van der Waals surface area contributed by atoms with E-state index in [2.05, 4.69) is 32.5 Å². The van der Waals surface area contributed by atoms with Crippen LogP contribution < -0.4 is 10.6 Å². The summed E-state index contributed by atoms with van der Waals surface area (Å²) in [4.78, 5) is 4.28. The van der Waals surface area contributed by atoms with Gasteiger partial charge in [0.25, 0.3) is 0 Å². The zero-order valence-electron chi connectivity index (χ0n) is 10.4. The average molecular weight is 251 g/mol. The summed E-state index contributed by atoms with van der Waals surface area (Å²) in [5.41, 5.74) is 1.32. The molecule has 0 amide bonds. The maximum absolute atomic E-state index is 4.28. The molecule has 17 heavy (non-hydrogen) atoms. The van der Waals surface area contributed by atoms with Gasteiger partial charge in [-0.05, 0) is 35.2 Å². The summed E-state index contributed by atoms with van der Waals surface area (Å²) in [6.07, 6.45) is 6.63. The third-order valence-electron chi connectivity index (χ3n) is 3.21. The average Bonchev–Trinajstić information content (AvgIpc) is 2.89. The molecule has 3 nitrogen and oxygen atoms in total. The Morgan fingerprint density at radius 3 is 2.88 bits per heavy atom. The van der Waals surface area contributed by atoms with Crippen molar-refractivity contribution in [2.24, 2.45) is 4.99 Å². The SMILES string of the molecule is CN=C(NCc1ccsc1)NC1CCCCC1. The summed E-state index contributed by atoms with van der Waals surface area (Å²) in [7, 11) is 1.84. The Bertz CT molecular complexity index is 340. The number of thiophene rings is 1. The zero-order valence-corrected chi connectivity index (χ0v) is 11.2. The van der Waals surface area contributed by atoms with Gasteiger partial charge in [0.15, 0.2) is 5.96 Å². The Hall–Kier alpha value is -1.03. The Balaban J connectivity index is 1.76. The van der Waals surface area contributed by atoms with Gasteiger partial charge in [0.05, 0.1) is 0 Å². The quantitative estimate of drug-likeness (QED) is 0.640. The highest BCUT2D eigenvalue weighted by Gasteiger charge is 2.14. The molecule has 94 valence electrons. The van der Waals surface area contributed by atoms with E-state index >= 15 is 0 Å². The van der Waals surface area contributed by atoms with E-state index in [-0.39, 0.29) is 0 Å². The third-order valence-corrected chi connectivity index (χ3v) is 3.94. The second kappa shape index (κ2) is 6.64. The molecule has 0 saturated heterocycles. The first-order chi connectivity index (χ1) is 8.38. The summed E-state index contributed by atoms with van der Waals surface area (Å²) in [6, 6.07) is 2.75. The minimum absolute atomic E-state index is 0.609. The molecule has 1 aromatic rings. The predicted molar refractivity (Wildman–Crippen MR) is 74.5 cm³/mol. The van der Waals surface area contributed by atoms with Crippen LogP contribution in [0.15, 0.2) is 21.8 Å². The molecule has 0 radical (unpaired) electrons. The number of hydrogen-bond acceptors (Lipinski definition) is 2. The van der Waals surface area contributed by atoms with E-state index in [4.69, 9.17) is 0 Å². The lowest BCUT2D eigenvalue weighted by atomic mass is 9.96. The molecule has 0 aromatic carbocycles. The molecule has 0 unspecified atom stereocenters. The summed E-state index contributed by atoms with van der Waals surface area (Å²) in [5.74, 6) is 0.933. The normalized spacial score (nSPS) is 18.1. The van der Waals surface area contributed by atoms with Gasteiger partial charge < -0.3 is 10.6 Å². The first-order valence-corrected chi connectivity index (χ1v) is 7.31. The zero-order chi connectivity index (χ0) is 11.9. The van der Waals surface area contributed by atoms with Crippen molar-refractivity contribution in [3.05, 3.63) is 22.4 Å². The Morgan fingerprint density at radius 2 is 2.24 bits per heavy atom. The molecule has 0 atom stereocenters. The van der Waals surface area contributed by atoms with Gasteiger partial charge in [-0.1, -0.05) is 19.3 Å². The van der Waals surface area contributed by atoms with Crippen molar-refractivity contribution in [1.82, 2.24) is 10.6 Å². The van der Waals surface area contributed by atoms with Crippen LogP contribution in [0, 0.1) is 0 Å². The largest absolute Gasteiger partial charge is 0.354 e. The van der Waals surface area contributed by atoms with Crippen molar-refractivity contribution in [3.63, 3.8) is 0 Å². The van der Waals surface area contributed by atoms with Crippen LogP contribution in [0.4, 0.5) is 0 Å². The van der Waals surface area contributed by atoms with Gasteiger partial charge in [0.1, 0.15) is 0 Å². The second-order valence-electron chi connectivity index (χ2n) is 4.54. The summed E-state index contributed by atoms with van der Waals surface area (Å²) >= 11 is 1.73. The van der Waals surface area contributed by atoms with Crippen LogP contribution in [0.5, 0.6) is 0 Å². The standard InChI is InChI=1S/C13H21N3S/c1-14-13(15-9-11-7-8-17-10-11)16-12-5-3-2-4-6-12/h7-8,10,12H,2-6,9H2,1H3,(H2,14,15,16). The lowest BCUT2D eigenvalue weighted by Crippen LogP contribution is -2.43. The molecular formula is C13H21N3S. The fourth-order valence-corrected chi connectivity index (χ4v) is 2.88. The molecule has 1 heterocycles. The Kier molecular flexibility index (Phi) is 4.86. The second-order valence-corrected chi connectivity index (χ2v) is 5.32. The van der Waals surface area contributed by atoms with Crippen molar-refractivity contribution in [2.75, 3.05) is 7.05 Å². The van der Waals surface area contributed by atoms with Crippen molar-refractivity contribution < 1.29 is 0 Å². The maximum Gasteiger partial charge on any atom is 0.191 e. The van der Waals surface area contributed by atoms with Gasteiger partial charge in [-0.2, -0.15) is 11.3 Å². The van der Waals surface area contributed by atoms with Gasteiger partial charge in [0, 0.05) is 19.6 Å². The molecule has 1 aromatic heterocycles. The van der Waals surface area contributed by atoms with Crippen LogP contribution >= 0.6 is 11.3 Å². The Morgan fingerprint density at radius 1 is 1.41 bits per heavy atom. The van der Waals surface area contributed by atoms with Crippen molar-refractivity contribution in [1.29, 1.82) is 0 Å². The molecule has 0 aliphatic heterocycles. The lowest BCUT2D eigenvalue weighted by Gasteiger charge is -2.24. The van der Waals surface area contributed by atoms with Gasteiger partial charge in [0.2, 0.25) is 0 Å². The molecule has 2 N–H and O–H groups in total. The monoisotopic (exact) mass is 251 g/mol. The molecule has 1 fully saturated rings. The summed E-state index contributed by atoms with van der Waals surface area (Å²) in [5, 5.41) is 11.1. The fourth-order valence-electron chi connectivity index (χ4n) is 2.21. The van der Waals surface area contributed by atoms with E-state index in [0.717, 1.165) is 12.5 Å². The van der Waals surface area contributed by atoms with Gasteiger partial charge in [-0.15, -0.1) is 0 Å². The van der Waals surface area contributed by atoms with E-state index in [9.17, 15) is 0 Å². The van der Waals surface area contributed by atoms with Crippen molar-refractivity contribution in [2.45, 2.75) is 44.7 Å². The smallest absolute Gasteiger partial charge is 0.191 e. The van der Waals surface area contributed by atoms with Crippen LogP contribution in [0.3, 0.4) is 0 Å². The van der Waals surface area contributed by atoms with Crippen LogP contribution in [0.1, 0.15) is 37.7 Å². The summed E-state index contributed by atoms with van der Waals surface area (Å²) in [6.45, 7) is 0.857. The van der Waals surface area contributed by atoms with E-state index in [0.29, 0.717) is 6.04 Å². The van der Waals surface area contributed by atoms with Crippen LogP contribution in [0.25, 0.3) is 0 Å². The van der Waals surface area contributed by atoms with Crippen LogP contribution in [0.2, 0.25) is 0 Å². The number of guanidine groups is 1. The predicted octanol–water partition coefficient (Wildman–Crippen LogP) is 2.75. The van der Waals surface area contributed by atoms with E-state index in [1.54, 1.807) is 11.3 Å². The Labute approximate surface area is 107 Å². The number of nitrogens with one attached hydrogen (secondary N) is 2. The van der Waals surface area contributed by atoms with E-state index in [1.165, 1.54) is 37.7 Å². The minimum Gasteiger partial charge on any atom is -0.354 e. The third kappa shape index (κ3) is 4.04. The highest BCUT2D eigenvalue weighted by atomic mass is 32.1. The van der Waals surface area contributed by atoms with Crippen LogP contribution in [-0.2, 0) is 6.54 Å². The van der Waals surface area contributed by atoms with Gasteiger partial charge in [-0.25, -0.2) is 0 Å². The van der Waals surface area contributed by atoms with Gasteiger partial charge >= 0.3 is 0 Å². The number of aliphatic imine (C=N–C) groups is 1. The minimum atomic E-state index is 0.609. The molecule has 1 aliphatic rings. The molecular weight excluding hydrogens is 230 g/mol. The number of hydrogen-bond donors (Lipinski definition) is 2. The first-order valence-electron chi connectivity index (χ1n) is 6.37. The molecule has 2 rings (SSSR count). The molecule has 1 aliphatic carbocycles. The van der Waals surface area contributed by atoms with Gasteiger partial charge in [-0.3, -0.25) is 4.99 Å². The number of nitrogens with zero attached hydrogens (tertiary/aromatic N) is 1.